The van der Waals surface area contributed by atoms with Crippen LogP contribution in [0.15, 0.2) is 12.1 Å². The van der Waals surface area contributed by atoms with E-state index >= 15 is 0 Å². The summed E-state index contributed by atoms with van der Waals surface area (Å²) in [6, 6.07) is 3.28. The molecule has 88 valence electrons. The van der Waals surface area contributed by atoms with E-state index in [-0.39, 0.29) is 5.69 Å². The Morgan fingerprint density at radius 3 is 2.56 bits per heavy atom. The van der Waals surface area contributed by atoms with Crippen LogP contribution in [0.1, 0.15) is 37.6 Å². The average molecular weight is 287 g/mol. The highest BCUT2D eigenvalue weighted by Gasteiger charge is 2.19. The van der Waals surface area contributed by atoms with E-state index in [4.69, 9.17) is 0 Å². The van der Waals surface area contributed by atoms with Crippen LogP contribution in [0.5, 0.6) is 0 Å². The lowest BCUT2D eigenvalue weighted by Gasteiger charge is -2.17. The van der Waals surface area contributed by atoms with Crippen molar-refractivity contribution in [1.29, 1.82) is 0 Å². The minimum Gasteiger partial charge on any atom is -0.258 e. The van der Waals surface area contributed by atoms with Gasteiger partial charge in [0.15, 0.2) is 0 Å². The van der Waals surface area contributed by atoms with E-state index in [9.17, 15) is 10.1 Å². The Kier molecular flexibility index (Phi) is 4.41. The number of hydrogen-bond acceptors (Lipinski definition) is 3. The summed E-state index contributed by atoms with van der Waals surface area (Å²) in [5.74, 6) is 0.291. The number of halogens is 1. The number of nitro groups is 1. The van der Waals surface area contributed by atoms with Gasteiger partial charge in [-0.1, -0.05) is 29.8 Å². The average Bonchev–Trinajstić information content (AvgIpc) is 2.17. The number of nitrogens with zero attached hydrogens (tertiary/aromatic N) is 2. The lowest BCUT2D eigenvalue weighted by Crippen LogP contribution is -2.10. The van der Waals surface area contributed by atoms with Crippen molar-refractivity contribution < 1.29 is 4.92 Å². The Morgan fingerprint density at radius 2 is 2.19 bits per heavy atom. The standard InChI is InChI=1S/C11H15BrN2O2/c1-4-9(7(2)12)10-5-6-11(14(15)16)8(3)13-10/h5-7,9H,4H2,1-3H3. The Bertz CT molecular complexity index is 394. The van der Waals surface area contributed by atoms with E-state index in [1.165, 1.54) is 6.07 Å². The normalized spacial score (nSPS) is 14.5. The van der Waals surface area contributed by atoms with Gasteiger partial charge in [-0.25, -0.2) is 0 Å². The summed E-state index contributed by atoms with van der Waals surface area (Å²) in [6.07, 6.45) is 0.955. The molecule has 0 N–H and O–H groups in total. The van der Waals surface area contributed by atoms with E-state index in [1.54, 1.807) is 13.0 Å². The van der Waals surface area contributed by atoms with Gasteiger partial charge in [0, 0.05) is 22.5 Å². The molecule has 0 saturated carbocycles. The number of aromatic nitrogens is 1. The zero-order valence-corrected chi connectivity index (χ0v) is 11.2. The Balaban J connectivity index is 3.09. The van der Waals surface area contributed by atoms with E-state index < -0.39 is 4.92 Å². The van der Waals surface area contributed by atoms with Crippen molar-refractivity contribution in [1.82, 2.24) is 4.98 Å². The molecule has 2 atom stereocenters. The topological polar surface area (TPSA) is 56.0 Å². The third kappa shape index (κ3) is 2.78. The molecule has 0 aliphatic carbocycles. The predicted octanol–water partition coefficient (Wildman–Crippen LogP) is 3.58. The zero-order valence-electron chi connectivity index (χ0n) is 9.61. The van der Waals surface area contributed by atoms with Crippen LogP contribution in [0, 0.1) is 17.0 Å². The first-order valence-corrected chi connectivity index (χ1v) is 6.15. The smallest absolute Gasteiger partial charge is 0.258 e. The van der Waals surface area contributed by atoms with Crippen molar-refractivity contribution in [3.8, 4) is 0 Å². The minimum atomic E-state index is -0.398. The number of pyridine rings is 1. The molecule has 1 aromatic heterocycles. The van der Waals surface area contributed by atoms with Crippen LogP contribution in [-0.2, 0) is 0 Å². The van der Waals surface area contributed by atoms with Crippen LogP contribution in [-0.4, -0.2) is 14.7 Å². The van der Waals surface area contributed by atoms with Crippen molar-refractivity contribution >= 4 is 21.6 Å². The largest absolute Gasteiger partial charge is 0.290 e. The van der Waals surface area contributed by atoms with E-state index in [1.807, 2.05) is 0 Å². The van der Waals surface area contributed by atoms with Gasteiger partial charge < -0.3 is 0 Å². The van der Waals surface area contributed by atoms with Crippen molar-refractivity contribution in [2.24, 2.45) is 0 Å². The SMILES string of the molecule is CCC(c1ccc([N+](=O)[O-])c(C)n1)C(C)Br. The maximum absolute atomic E-state index is 10.7. The molecule has 0 aliphatic heterocycles. The Hall–Kier alpha value is -0.970. The monoisotopic (exact) mass is 286 g/mol. The summed E-state index contributed by atoms with van der Waals surface area (Å²) in [4.78, 5) is 14.9. The van der Waals surface area contributed by atoms with Gasteiger partial charge >= 0.3 is 0 Å². The van der Waals surface area contributed by atoms with Crippen molar-refractivity contribution in [3.05, 3.63) is 33.6 Å². The van der Waals surface area contributed by atoms with Gasteiger partial charge in [0.2, 0.25) is 0 Å². The zero-order chi connectivity index (χ0) is 12.3. The summed E-state index contributed by atoms with van der Waals surface area (Å²) in [5, 5.41) is 10.7. The molecule has 5 heteroatoms. The fraction of sp³-hybridized carbons (Fsp3) is 0.545. The van der Waals surface area contributed by atoms with Crippen LogP contribution < -0.4 is 0 Å². The fourth-order valence-corrected chi connectivity index (χ4v) is 2.39. The number of alkyl halides is 1. The third-order valence-corrected chi connectivity index (χ3v) is 3.29. The molecule has 16 heavy (non-hydrogen) atoms. The quantitative estimate of drug-likeness (QED) is 0.483. The first-order chi connectivity index (χ1) is 7.47. The lowest BCUT2D eigenvalue weighted by molar-refractivity contribution is -0.385. The van der Waals surface area contributed by atoms with E-state index in [0.29, 0.717) is 16.4 Å². The molecule has 4 nitrogen and oxygen atoms in total. The highest BCUT2D eigenvalue weighted by Crippen LogP contribution is 2.28. The van der Waals surface area contributed by atoms with Gasteiger partial charge in [0.1, 0.15) is 5.69 Å². The molecule has 1 aromatic rings. The second-order valence-corrected chi connectivity index (χ2v) is 5.23. The molecule has 0 fully saturated rings. The Labute approximate surface area is 103 Å². The van der Waals surface area contributed by atoms with Crippen molar-refractivity contribution in [2.45, 2.75) is 37.9 Å². The van der Waals surface area contributed by atoms with Gasteiger partial charge in [-0.15, -0.1) is 0 Å². The first-order valence-electron chi connectivity index (χ1n) is 5.23. The summed E-state index contributed by atoms with van der Waals surface area (Å²) >= 11 is 3.54. The number of aryl methyl sites for hydroxylation is 1. The van der Waals surface area contributed by atoms with Gasteiger partial charge in [0.05, 0.1) is 4.92 Å². The maximum atomic E-state index is 10.7. The molecule has 1 heterocycles. The Morgan fingerprint density at radius 1 is 1.56 bits per heavy atom. The molecule has 1 rings (SSSR count). The first kappa shape index (κ1) is 13.1. The molecule has 0 saturated heterocycles. The summed E-state index contributed by atoms with van der Waals surface area (Å²) in [6.45, 7) is 5.82. The van der Waals surface area contributed by atoms with Gasteiger partial charge in [-0.3, -0.25) is 15.1 Å². The molecule has 0 spiro atoms. The molecule has 0 bridgehead atoms. The molecular formula is C11H15BrN2O2. The van der Waals surface area contributed by atoms with Crippen LogP contribution >= 0.6 is 15.9 Å². The van der Waals surface area contributed by atoms with Crippen LogP contribution in [0.3, 0.4) is 0 Å². The number of hydrogen-bond donors (Lipinski definition) is 0. The predicted molar refractivity (Wildman–Crippen MR) is 67.0 cm³/mol. The molecule has 0 aliphatic rings. The maximum Gasteiger partial charge on any atom is 0.290 e. The van der Waals surface area contributed by atoms with E-state index in [0.717, 1.165) is 12.1 Å². The van der Waals surface area contributed by atoms with Gasteiger partial charge in [-0.2, -0.15) is 0 Å². The molecule has 0 amide bonds. The van der Waals surface area contributed by atoms with E-state index in [2.05, 4.69) is 34.8 Å². The van der Waals surface area contributed by atoms with Crippen molar-refractivity contribution in [3.63, 3.8) is 0 Å². The third-order valence-electron chi connectivity index (χ3n) is 2.65. The lowest BCUT2D eigenvalue weighted by atomic mass is 9.98. The molecular weight excluding hydrogens is 272 g/mol. The molecule has 0 aromatic carbocycles. The second-order valence-electron chi connectivity index (χ2n) is 3.79. The summed E-state index contributed by atoms with van der Waals surface area (Å²) in [5.41, 5.74) is 1.48. The number of rotatable bonds is 4. The van der Waals surface area contributed by atoms with Crippen LogP contribution in [0.4, 0.5) is 5.69 Å². The van der Waals surface area contributed by atoms with Crippen LogP contribution in [0.2, 0.25) is 0 Å². The molecule has 2 unspecified atom stereocenters. The summed E-state index contributed by atoms with van der Waals surface area (Å²) in [7, 11) is 0. The second kappa shape index (κ2) is 5.39. The molecule has 0 radical (unpaired) electrons. The highest BCUT2D eigenvalue weighted by molar-refractivity contribution is 9.09. The highest BCUT2D eigenvalue weighted by atomic mass is 79.9. The van der Waals surface area contributed by atoms with Gasteiger partial charge in [-0.05, 0) is 19.4 Å². The van der Waals surface area contributed by atoms with Crippen molar-refractivity contribution in [2.75, 3.05) is 0 Å². The summed E-state index contributed by atoms with van der Waals surface area (Å²) < 4.78 is 0. The van der Waals surface area contributed by atoms with Crippen LogP contribution in [0.25, 0.3) is 0 Å². The minimum absolute atomic E-state index is 0.0841. The van der Waals surface area contributed by atoms with Gasteiger partial charge in [0.25, 0.3) is 5.69 Å². The fourth-order valence-electron chi connectivity index (χ4n) is 1.74.